The van der Waals surface area contributed by atoms with Crippen molar-refractivity contribution < 1.29 is 9.59 Å². The summed E-state index contributed by atoms with van der Waals surface area (Å²) in [4.78, 5) is 30.2. The molecule has 2 aromatic rings. The van der Waals surface area contributed by atoms with Gasteiger partial charge in [-0.2, -0.15) is 5.26 Å². The van der Waals surface area contributed by atoms with Crippen LogP contribution in [0.5, 0.6) is 0 Å². The van der Waals surface area contributed by atoms with Gasteiger partial charge in [0.1, 0.15) is 5.01 Å². The summed E-state index contributed by atoms with van der Waals surface area (Å²) in [6, 6.07) is 9.48. The second-order valence-corrected chi connectivity index (χ2v) is 6.74. The number of hydrogen-bond donors (Lipinski definition) is 0. The Morgan fingerprint density at radius 1 is 1.42 bits per heavy atom. The molecule has 0 saturated carbocycles. The van der Waals surface area contributed by atoms with Gasteiger partial charge in [0.05, 0.1) is 6.07 Å². The Labute approximate surface area is 144 Å². The highest BCUT2D eigenvalue weighted by Crippen LogP contribution is 2.24. The van der Waals surface area contributed by atoms with E-state index in [2.05, 4.69) is 11.1 Å². The minimum atomic E-state index is -0.816. The Hall–Kier alpha value is -2.52. The first-order valence-electron chi connectivity index (χ1n) is 7.82. The van der Waals surface area contributed by atoms with Crippen molar-refractivity contribution in [2.75, 3.05) is 11.4 Å². The third kappa shape index (κ3) is 3.36. The monoisotopic (exact) mass is 339 g/mol. The van der Waals surface area contributed by atoms with E-state index in [1.807, 2.05) is 36.6 Å². The zero-order valence-electron chi connectivity index (χ0n) is 13.4. The Bertz CT molecular complexity index is 804. The van der Waals surface area contributed by atoms with Crippen molar-refractivity contribution in [3.63, 3.8) is 0 Å². The van der Waals surface area contributed by atoms with E-state index in [4.69, 9.17) is 0 Å². The van der Waals surface area contributed by atoms with Crippen LogP contribution in [0, 0.1) is 18.3 Å². The van der Waals surface area contributed by atoms with Crippen LogP contribution in [0.4, 0.5) is 5.69 Å². The lowest BCUT2D eigenvalue weighted by Crippen LogP contribution is -2.23. The number of nitriles is 1. The molecule has 6 heteroatoms. The number of rotatable bonds is 5. The maximum atomic E-state index is 12.4. The van der Waals surface area contributed by atoms with E-state index in [0.29, 0.717) is 11.4 Å². The molecule has 0 N–H and O–H groups in total. The van der Waals surface area contributed by atoms with Crippen LogP contribution in [0.2, 0.25) is 0 Å². The van der Waals surface area contributed by atoms with Crippen LogP contribution in [0.3, 0.4) is 0 Å². The molecule has 2 heterocycles. The van der Waals surface area contributed by atoms with E-state index in [1.165, 1.54) is 11.3 Å². The van der Waals surface area contributed by atoms with Gasteiger partial charge in [0.25, 0.3) is 0 Å². The molecule has 0 radical (unpaired) electrons. The fourth-order valence-electron chi connectivity index (χ4n) is 2.79. The number of carbonyl (C=O) groups is 2. The standard InChI is InChI=1S/C18H17N3O2S/c1-12-11-24-18(20-12)15(10-19)16(22)9-13-4-6-14(7-5-13)21-8-2-3-17(21)23/h4-7,11,15H,2-3,8-9H2,1H3. The van der Waals surface area contributed by atoms with Gasteiger partial charge in [0.2, 0.25) is 5.91 Å². The third-order valence-electron chi connectivity index (χ3n) is 4.03. The van der Waals surface area contributed by atoms with Crippen LogP contribution >= 0.6 is 11.3 Å². The molecule has 1 unspecified atom stereocenters. The molecule has 1 aliphatic rings. The summed E-state index contributed by atoms with van der Waals surface area (Å²) in [5.74, 6) is -0.831. The molecule has 1 aliphatic heterocycles. The maximum absolute atomic E-state index is 12.4. The summed E-state index contributed by atoms with van der Waals surface area (Å²) >= 11 is 1.34. The lowest BCUT2D eigenvalue weighted by atomic mass is 9.99. The first kappa shape index (κ1) is 16.3. The first-order valence-corrected chi connectivity index (χ1v) is 8.70. The van der Waals surface area contributed by atoms with Crippen molar-refractivity contribution in [2.45, 2.75) is 32.1 Å². The number of Topliss-reactive ketones (excluding diaryl/α,β-unsaturated/α-hetero) is 1. The molecule has 3 rings (SSSR count). The van der Waals surface area contributed by atoms with E-state index < -0.39 is 5.92 Å². The number of aromatic nitrogens is 1. The largest absolute Gasteiger partial charge is 0.312 e. The van der Waals surface area contributed by atoms with Gasteiger partial charge in [-0.3, -0.25) is 9.59 Å². The molecule has 1 saturated heterocycles. The number of ketones is 1. The predicted octanol–water partition coefficient (Wildman–Crippen LogP) is 3.00. The molecule has 0 bridgehead atoms. The Morgan fingerprint density at radius 2 is 2.17 bits per heavy atom. The van der Waals surface area contributed by atoms with Crippen LogP contribution in [0.15, 0.2) is 29.6 Å². The SMILES string of the molecule is Cc1csc(C(C#N)C(=O)Cc2ccc(N3CCCC3=O)cc2)n1. The number of thiazole rings is 1. The second kappa shape index (κ2) is 6.93. The molecule has 24 heavy (non-hydrogen) atoms. The summed E-state index contributed by atoms with van der Waals surface area (Å²) in [5, 5.41) is 11.7. The minimum absolute atomic E-state index is 0.141. The summed E-state index contributed by atoms with van der Waals surface area (Å²) < 4.78 is 0. The van der Waals surface area contributed by atoms with Gasteiger partial charge >= 0.3 is 0 Å². The van der Waals surface area contributed by atoms with Crippen LogP contribution in [-0.4, -0.2) is 23.2 Å². The number of carbonyl (C=O) groups excluding carboxylic acids is 2. The van der Waals surface area contributed by atoms with Gasteiger partial charge in [0, 0.05) is 36.1 Å². The van der Waals surface area contributed by atoms with E-state index in [0.717, 1.165) is 29.9 Å². The van der Waals surface area contributed by atoms with Gasteiger partial charge in [-0.1, -0.05) is 12.1 Å². The molecule has 5 nitrogen and oxygen atoms in total. The van der Waals surface area contributed by atoms with Crippen LogP contribution in [-0.2, 0) is 16.0 Å². The number of aryl methyl sites for hydroxylation is 1. The van der Waals surface area contributed by atoms with Crippen molar-refractivity contribution in [1.29, 1.82) is 5.26 Å². The summed E-state index contributed by atoms with van der Waals surface area (Å²) in [7, 11) is 0. The molecular weight excluding hydrogens is 322 g/mol. The maximum Gasteiger partial charge on any atom is 0.227 e. The number of benzene rings is 1. The highest BCUT2D eigenvalue weighted by atomic mass is 32.1. The highest BCUT2D eigenvalue weighted by Gasteiger charge is 2.24. The average Bonchev–Trinajstić information content (AvgIpc) is 3.18. The molecule has 1 aromatic carbocycles. The van der Waals surface area contributed by atoms with Gasteiger partial charge in [-0.25, -0.2) is 4.98 Å². The molecule has 122 valence electrons. The van der Waals surface area contributed by atoms with Gasteiger partial charge in [-0.05, 0) is 31.0 Å². The van der Waals surface area contributed by atoms with Crippen molar-refractivity contribution in [2.24, 2.45) is 0 Å². The molecular formula is C18H17N3O2S. The molecule has 1 fully saturated rings. The number of amides is 1. The second-order valence-electron chi connectivity index (χ2n) is 5.85. The smallest absolute Gasteiger partial charge is 0.227 e. The Kier molecular flexibility index (Phi) is 4.72. The molecule has 1 amide bonds. The molecule has 0 spiro atoms. The topological polar surface area (TPSA) is 74.1 Å². The number of hydrogen-bond acceptors (Lipinski definition) is 5. The normalized spacial score (nSPS) is 15.3. The van der Waals surface area contributed by atoms with Gasteiger partial charge in [0.15, 0.2) is 11.7 Å². The fraction of sp³-hybridized carbons (Fsp3) is 0.333. The van der Waals surface area contributed by atoms with Gasteiger partial charge < -0.3 is 4.90 Å². The predicted molar refractivity (Wildman–Crippen MR) is 91.9 cm³/mol. The Morgan fingerprint density at radius 3 is 2.71 bits per heavy atom. The highest BCUT2D eigenvalue weighted by molar-refractivity contribution is 7.09. The van der Waals surface area contributed by atoms with Crippen LogP contribution < -0.4 is 4.90 Å². The van der Waals surface area contributed by atoms with Crippen LogP contribution in [0.1, 0.15) is 35.0 Å². The van der Waals surface area contributed by atoms with E-state index in [1.54, 1.807) is 4.90 Å². The van der Waals surface area contributed by atoms with Crippen LogP contribution in [0.25, 0.3) is 0 Å². The summed E-state index contributed by atoms with van der Waals surface area (Å²) in [6.45, 7) is 2.59. The molecule has 1 atom stereocenters. The van der Waals surface area contributed by atoms with E-state index >= 15 is 0 Å². The molecule has 0 aliphatic carbocycles. The first-order chi connectivity index (χ1) is 11.6. The van der Waals surface area contributed by atoms with Crippen molar-refractivity contribution in [3.05, 3.63) is 45.9 Å². The minimum Gasteiger partial charge on any atom is -0.312 e. The lowest BCUT2D eigenvalue weighted by Gasteiger charge is -2.16. The average molecular weight is 339 g/mol. The van der Waals surface area contributed by atoms with E-state index in [9.17, 15) is 14.9 Å². The van der Waals surface area contributed by atoms with Crippen molar-refractivity contribution in [3.8, 4) is 6.07 Å². The van der Waals surface area contributed by atoms with Crippen molar-refractivity contribution in [1.82, 2.24) is 4.98 Å². The molecule has 1 aromatic heterocycles. The fourth-order valence-corrected chi connectivity index (χ4v) is 3.65. The number of anilines is 1. The summed E-state index contributed by atoms with van der Waals surface area (Å²) in [6.07, 6.45) is 1.67. The van der Waals surface area contributed by atoms with Gasteiger partial charge in [-0.15, -0.1) is 11.3 Å². The van der Waals surface area contributed by atoms with Crippen molar-refractivity contribution >= 4 is 28.7 Å². The lowest BCUT2D eigenvalue weighted by molar-refractivity contribution is -0.119. The zero-order valence-corrected chi connectivity index (χ0v) is 14.2. The quantitative estimate of drug-likeness (QED) is 0.839. The van der Waals surface area contributed by atoms with E-state index in [-0.39, 0.29) is 18.1 Å². The number of nitrogens with zero attached hydrogens (tertiary/aromatic N) is 3. The summed E-state index contributed by atoms with van der Waals surface area (Å²) in [5.41, 5.74) is 2.52. The zero-order chi connectivity index (χ0) is 17.1. The third-order valence-corrected chi connectivity index (χ3v) is 5.06. The Balaban J connectivity index is 1.70.